The number of methoxy groups -OCH3 is 1. The Labute approximate surface area is 191 Å². The zero-order chi connectivity index (χ0) is 23.8. The molecule has 0 radical (unpaired) electrons. The minimum atomic E-state index is -1.06. The van der Waals surface area contributed by atoms with Gasteiger partial charge in [-0.05, 0) is 62.2 Å². The average Bonchev–Trinajstić information content (AvgIpc) is 2.78. The highest BCUT2D eigenvalue weighted by atomic mass is 19.2. The monoisotopic (exact) mass is 449 g/mol. The van der Waals surface area contributed by atoms with Crippen molar-refractivity contribution in [1.82, 2.24) is 0 Å². The van der Waals surface area contributed by atoms with Crippen molar-refractivity contribution in [1.29, 1.82) is 0 Å². The number of rotatable bonds is 5. The molecule has 1 N–H and O–H groups in total. The molecule has 0 fully saturated rings. The molecule has 1 heterocycles. The molecule has 4 rings (SSSR count). The number of hydrogen-bond donors (Lipinski definition) is 1. The second kappa shape index (κ2) is 8.70. The number of fused-ring (bicyclic) bond motifs is 1. The Morgan fingerprint density at radius 3 is 2.39 bits per heavy atom. The molecule has 0 saturated carbocycles. The van der Waals surface area contributed by atoms with Gasteiger partial charge in [0.1, 0.15) is 6.61 Å². The maximum Gasteiger partial charge on any atom is 0.338 e. The molecule has 1 aliphatic rings. The van der Waals surface area contributed by atoms with Crippen molar-refractivity contribution in [2.75, 3.05) is 12.4 Å². The number of esters is 1. The van der Waals surface area contributed by atoms with Crippen LogP contribution in [-0.4, -0.2) is 18.6 Å². The Hall–Kier alpha value is -3.67. The van der Waals surface area contributed by atoms with Crippen molar-refractivity contribution >= 4 is 17.2 Å². The minimum Gasteiger partial charge on any atom is -0.493 e. The first kappa shape index (κ1) is 22.5. The molecule has 0 amide bonds. The van der Waals surface area contributed by atoms with Crippen LogP contribution in [0.2, 0.25) is 0 Å². The van der Waals surface area contributed by atoms with E-state index in [1.165, 1.54) is 13.2 Å². The van der Waals surface area contributed by atoms with Gasteiger partial charge in [0.2, 0.25) is 5.82 Å². The summed E-state index contributed by atoms with van der Waals surface area (Å²) in [4.78, 5) is 12.7. The van der Waals surface area contributed by atoms with E-state index in [1.807, 2.05) is 19.1 Å². The zero-order valence-electron chi connectivity index (χ0n) is 19.0. The quantitative estimate of drug-likeness (QED) is 0.446. The van der Waals surface area contributed by atoms with E-state index in [9.17, 15) is 13.6 Å². The Balaban J connectivity index is 1.86. The number of hydrogen-bond acceptors (Lipinski definition) is 4. The fraction of sp³-hybridized carbons (Fsp3) is 0.222. The lowest BCUT2D eigenvalue weighted by Gasteiger charge is -2.33. The lowest BCUT2D eigenvalue weighted by atomic mass is 9.85. The maximum absolute atomic E-state index is 14.5. The van der Waals surface area contributed by atoms with E-state index in [0.717, 1.165) is 22.9 Å². The van der Waals surface area contributed by atoms with Crippen molar-refractivity contribution in [3.63, 3.8) is 0 Å². The summed E-state index contributed by atoms with van der Waals surface area (Å²) in [5.74, 6) is -2.73. The van der Waals surface area contributed by atoms with E-state index in [1.54, 1.807) is 30.3 Å². The van der Waals surface area contributed by atoms with E-state index < -0.39 is 17.6 Å². The van der Waals surface area contributed by atoms with Crippen LogP contribution >= 0.6 is 0 Å². The number of nitrogens with one attached hydrogen (secondary N) is 1. The van der Waals surface area contributed by atoms with Crippen LogP contribution in [0.1, 0.15) is 42.3 Å². The minimum absolute atomic E-state index is 0.0539. The van der Waals surface area contributed by atoms with Gasteiger partial charge in [-0.25, -0.2) is 9.18 Å². The lowest BCUT2D eigenvalue weighted by Crippen LogP contribution is -2.32. The van der Waals surface area contributed by atoms with Crippen molar-refractivity contribution in [2.24, 2.45) is 0 Å². The van der Waals surface area contributed by atoms with Crippen molar-refractivity contribution in [3.8, 4) is 16.9 Å². The normalized spacial score (nSPS) is 14.1. The second-order valence-corrected chi connectivity index (χ2v) is 8.57. The number of ether oxygens (including phenoxy) is 2. The predicted octanol–water partition coefficient (Wildman–Crippen LogP) is 6.60. The number of benzene rings is 3. The average molecular weight is 449 g/mol. The molecule has 0 atom stereocenters. The van der Waals surface area contributed by atoms with Crippen LogP contribution < -0.4 is 10.1 Å². The van der Waals surface area contributed by atoms with Gasteiger partial charge >= 0.3 is 5.97 Å². The van der Waals surface area contributed by atoms with Gasteiger partial charge in [-0.3, -0.25) is 0 Å². The highest BCUT2D eigenvalue weighted by molar-refractivity contribution is 5.91. The van der Waals surface area contributed by atoms with Gasteiger partial charge in [0.05, 0.1) is 18.2 Å². The van der Waals surface area contributed by atoms with Crippen LogP contribution in [-0.2, 0) is 11.3 Å². The summed E-state index contributed by atoms with van der Waals surface area (Å²) in [6, 6.07) is 14.9. The van der Waals surface area contributed by atoms with Crippen LogP contribution in [0.15, 0.2) is 60.7 Å². The SMILES string of the molecule is COc1c(-c2ccc3c(c2COC(=O)c2ccccc2)C(C)=CC(C)(C)N3)ccc(F)c1F. The van der Waals surface area contributed by atoms with E-state index in [2.05, 4.69) is 25.2 Å². The first-order valence-electron chi connectivity index (χ1n) is 10.6. The third kappa shape index (κ3) is 4.33. The molecule has 3 aromatic carbocycles. The summed E-state index contributed by atoms with van der Waals surface area (Å²) in [5, 5.41) is 3.47. The molecule has 0 spiro atoms. The van der Waals surface area contributed by atoms with Gasteiger partial charge in [-0.15, -0.1) is 0 Å². The number of allylic oxidation sites excluding steroid dienone is 1. The van der Waals surface area contributed by atoms with Gasteiger partial charge in [0.25, 0.3) is 0 Å². The largest absolute Gasteiger partial charge is 0.493 e. The third-order valence-corrected chi connectivity index (χ3v) is 5.64. The third-order valence-electron chi connectivity index (χ3n) is 5.64. The van der Waals surface area contributed by atoms with E-state index in [4.69, 9.17) is 9.47 Å². The zero-order valence-corrected chi connectivity index (χ0v) is 19.0. The van der Waals surface area contributed by atoms with Gasteiger partial charge in [0.15, 0.2) is 11.6 Å². The molecule has 0 saturated heterocycles. The second-order valence-electron chi connectivity index (χ2n) is 8.57. The topological polar surface area (TPSA) is 47.6 Å². The van der Waals surface area contributed by atoms with Crippen molar-refractivity contribution < 1.29 is 23.0 Å². The van der Waals surface area contributed by atoms with Crippen molar-refractivity contribution in [2.45, 2.75) is 32.9 Å². The molecule has 6 heteroatoms. The standard InChI is InChI=1S/C27H25F2NO3/c1-16-14-27(2,3)30-22-13-11-18(19-10-12-21(28)24(29)25(19)32-4)20(23(16)22)15-33-26(31)17-8-6-5-7-9-17/h5-14,30H,15H2,1-4H3. The Morgan fingerprint density at radius 1 is 1.00 bits per heavy atom. The highest BCUT2D eigenvalue weighted by Gasteiger charge is 2.28. The molecular formula is C27H25F2NO3. The molecule has 4 nitrogen and oxygen atoms in total. The number of anilines is 1. The molecule has 3 aromatic rings. The van der Waals surface area contributed by atoms with Gasteiger partial charge < -0.3 is 14.8 Å². The van der Waals surface area contributed by atoms with Gasteiger partial charge in [-0.1, -0.05) is 30.3 Å². The van der Waals surface area contributed by atoms with E-state index >= 15 is 0 Å². The van der Waals surface area contributed by atoms with Crippen molar-refractivity contribution in [3.05, 3.63) is 89.0 Å². The molecule has 0 bridgehead atoms. The van der Waals surface area contributed by atoms with Crippen LogP contribution in [0.3, 0.4) is 0 Å². The molecule has 1 aliphatic heterocycles. The fourth-order valence-electron chi connectivity index (χ4n) is 4.34. The Bertz CT molecular complexity index is 1250. The summed E-state index contributed by atoms with van der Waals surface area (Å²) in [6.07, 6.45) is 2.09. The van der Waals surface area contributed by atoms with E-state index in [0.29, 0.717) is 22.3 Å². The molecular weight excluding hydrogens is 424 g/mol. The van der Waals surface area contributed by atoms with Crippen LogP contribution in [0.25, 0.3) is 16.7 Å². The summed E-state index contributed by atoms with van der Waals surface area (Å²) in [7, 11) is 1.30. The highest BCUT2D eigenvalue weighted by Crippen LogP contribution is 2.43. The summed E-state index contributed by atoms with van der Waals surface area (Å²) < 4.78 is 39.3. The first-order chi connectivity index (χ1) is 15.7. The summed E-state index contributed by atoms with van der Waals surface area (Å²) in [5.41, 5.74) is 4.54. The molecule has 0 aromatic heterocycles. The van der Waals surface area contributed by atoms with Crippen LogP contribution in [0, 0.1) is 11.6 Å². The number of carbonyl (C=O) groups is 1. The molecule has 0 unspecified atom stereocenters. The van der Waals surface area contributed by atoms with E-state index in [-0.39, 0.29) is 17.9 Å². The summed E-state index contributed by atoms with van der Waals surface area (Å²) >= 11 is 0. The smallest absolute Gasteiger partial charge is 0.338 e. The maximum atomic E-state index is 14.5. The van der Waals surface area contributed by atoms with Crippen LogP contribution in [0.4, 0.5) is 14.5 Å². The molecule has 170 valence electrons. The molecule has 0 aliphatic carbocycles. The summed E-state index contributed by atoms with van der Waals surface area (Å²) in [6.45, 7) is 6.04. The number of carbonyl (C=O) groups excluding carboxylic acids is 1. The molecule has 33 heavy (non-hydrogen) atoms. The first-order valence-corrected chi connectivity index (χ1v) is 10.6. The van der Waals surface area contributed by atoms with Gasteiger partial charge in [0, 0.05) is 22.4 Å². The Morgan fingerprint density at radius 2 is 1.70 bits per heavy atom. The lowest BCUT2D eigenvalue weighted by molar-refractivity contribution is 0.0473. The number of halogens is 2. The predicted molar refractivity (Wildman–Crippen MR) is 125 cm³/mol. The van der Waals surface area contributed by atoms with Gasteiger partial charge in [-0.2, -0.15) is 4.39 Å². The van der Waals surface area contributed by atoms with Crippen LogP contribution in [0.5, 0.6) is 5.75 Å². The fourth-order valence-corrected chi connectivity index (χ4v) is 4.34. The Kier molecular flexibility index (Phi) is 5.93.